The van der Waals surface area contributed by atoms with Crippen LogP contribution in [0.15, 0.2) is 41.0 Å². The van der Waals surface area contributed by atoms with Gasteiger partial charge in [0.25, 0.3) is 0 Å². The third kappa shape index (κ3) is 2.82. The van der Waals surface area contributed by atoms with E-state index in [1.807, 2.05) is 19.2 Å². The van der Waals surface area contributed by atoms with Gasteiger partial charge < -0.3 is 9.73 Å². The minimum Gasteiger partial charge on any atom is -0.469 e. The highest BCUT2D eigenvalue weighted by molar-refractivity contribution is 5.35. The van der Waals surface area contributed by atoms with E-state index in [0.29, 0.717) is 6.04 Å². The summed E-state index contributed by atoms with van der Waals surface area (Å²) in [4.78, 5) is 0. The summed E-state index contributed by atoms with van der Waals surface area (Å²) in [5, 5.41) is 3.41. The molecule has 0 aliphatic heterocycles. The normalized spacial score (nSPS) is 12.6. The van der Waals surface area contributed by atoms with Gasteiger partial charge in [-0.05, 0) is 56.1 Å². The first-order valence-electron chi connectivity index (χ1n) is 6.48. The Morgan fingerprint density at radius 2 is 2.00 bits per heavy atom. The molecule has 0 aliphatic rings. The van der Waals surface area contributed by atoms with Crippen LogP contribution in [-0.2, 0) is 6.42 Å². The molecular weight excluding hydrogens is 222 g/mol. The Bertz CT molecular complexity index is 488. The molecule has 96 valence electrons. The summed E-state index contributed by atoms with van der Waals surface area (Å²) in [6.45, 7) is 4.36. The highest BCUT2D eigenvalue weighted by Gasteiger charge is 2.13. The molecule has 1 aromatic carbocycles. The molecule has 1 unspecified atom stereocenters. The molecule has 1 N–H and O–H groups in total. The van der Waals surface area contributed by atoms with Crippen LogP contribution in [0.2, 0.25) is 0 Å². The number of aryl methyl sites for hydroxylation is 2. The van der Waals surface area contributed by atoms with Gasteiger partial charge in [0.05, 0.1) is 6.26 Å². The third-order valence-electron chi connectivity index (χ3n) is 3.63. The van der Waals surface area contributed by atoms with Gasteiger partial charge >= 0.3 is 0 Å². The molecule has 0 bridgehead atoms. The smallest absolute Gasteiger partial charge is 0.103 e. The van der Waals surface area contributed by atoms with Crippen molar-refractivity contribution in [2.45, 2.75) is 32.7 Å². The van der Waals surface area contributed by atoms with Crippen LogP contribution in [0.25, 0.3) is 0 Å². The summed E-state index contributed by atoms with van der Waals surface area (Å²) >= 11 is 0. The number of benzene rings is 1. The molecule has 2 aromatic rings. The quantitative estimate of drug-likeness (QED) is 0.864. The van der Waals surface area contributed by atoms with E-state index in [9.17, 15) is 0 Å². The summed E-state index contributed by atoms with van der Waals surface area (Å²) in [7, 11) is 2.02. The summed E-state index contributed by atoms with van der Waals surface area (Å²) in [5.74, 6) is 1.06. The fraction of sp³-hybridized carbons (Fsp3) is 0.375. The van der Waals surface area contributed by atoms with Crippen LogP contribution in [0.3, 0.4) is 0 Å². The second-order valence-corrected chi connectivity index (χ2v) is 4.75. The zero-order valence-corrected chi connectivity index (χ0v) is 11.4. The van der Waals surface area contributed by atoms with E-state index in [4.69, 9.17) is 4.42 Å². The largest absolute Gasteiger partial charge is 0.469 e. The predicted octanol–water partition coefficient (Wildman–Crippen LogP) is 3.79. The summed E-state index contributed by atoms with van der Waals surface area (Å²) in [6, 6.07) is 10.9. The lowest BCUT2D eigenvalue weighted by atomic mass is 9.94. The van der Waals surface area contributed by atoms with Crippen LogP contribution in [-0.4, -0.2) is 7.05 Å². The minimum absolute atomic E-state index is 0.384. The lowest BCUT2D eigenvalue weighted by molar-refractivity contribution is 0.468. The van der Waals surface area contributed by atoms with E-state index in [1.165, 1.54) is 16.7 Å². The Kier molecular flexibility index (Phi) is 4.21. The molecule has 1 atom stereocenters. The van der Waals surface area contributed by atoms with Gasteiger partial charge in [0.1, 0.15) is 5.76 Å². The molecule has 0 aliphatic carbocycles. The van der Waals surface area contributed by atoms with Crippen LogP contribution < -0.4 is 5.32 Å². The first-order chi connectivity index (χ1) is 8.72. The average molecular weight is 243 g/mol. The molecule has 2 heteroatoms. The fourth-order valence-corrected chi connectivity index (χ4v) is 2.35. The Balaban J connectivity index is 2.10. The van der Waals surface area contributed by atoms with E-state index in [1.54, 1.807) is 6.26 Å². The molecule has 0 radical (unpaired) electrons. The van der Waals surface area contributed by atoms with Gasteiger partial charge in [0, 0.05) is 12.5 Å². The molecule has 2 rings (SSSR count). The first kappa shape index (κ1) is 12.9. The second kappa shape index (κ2) is 5.87. The number of hydrogen-bond donors (Lipinski definition) is 1. The maximum Gasteiger partial charge on any atom is 0.103 e. The highest BCUT2D eigenvalue weighted by atomic mass is 16.3. The lowest BCUT2D eigenvalue weighted by Gasteiger charge is -2.19. The molecule has 0 amide bonds. The van der Waals surface area contributed by atoms with Crippen molar-refractivity contribution in [3.63, 3.8) is 0 Å². The second-order valence-electron chi connectivity index (χ2n) is 4.75. The van der Waals surface area contributed by atoms with Crippen molar-refractivity contribution < 1.29 is 4.42 Å². The van der Waals surface area contributed by atoms with Crippen molar-refractivity contribution in [1.29, 1.82) is 0 Å². The minimum atomic E-state index is 0.384. The van der Waals surface area contributed by atoms with Gasteiger partial charge in [-0.3, -0.25) is 0 Å². The summed E-state index contributed by atoms with van der Waals surface area (Å²) < 4.78 is 5.39. The molecule has 0 saturated heterocycles. The Hall–Kier alpha value is -1.54. The van der Waals surface area contributed by atoms with Gasteiger partial charge in [-0.15, -0.1) is 0 Å². The van der Waals surface area contributed by atoms with E-state index in [2.05, 4.69) is 37.4 Å². The van der Waals surface area contributed by atoms with Crippen molar-refractivity contribution >= 4 is 0 Å². The fourth-order valence-electron chi connectivity index (χ4n) is 2.35. The zero-order valence-electron chi connectivity index (χ0n) is 11.4. The van der Waals surface area contributed by atoms with Crippen LogP contribution in [0.4, 0.5) is 0 Å². The zero-order chi connectivity index (χ0) is 13.0. The van der Waals surface area contributed by atoms with Crippen molar-refractivity contribution in [1.82, 2.24) is 5.32 Å². The van der Waals surface area contributed by atoms with Crippen molar-refractivity contribution in [3.05, 3.63) is 59.0 Å². The molecule has 2 nitrogen and oxygen atoms in total. The lowest BCUT2D eigenvalue weighted by Crippen LogP contribution is -2.18. The van der Waals surface area contributed by atoms with Gasteiger partial charge in [-0.25, -0.2) is 0 Å². The predicted molar refractivity (Wildman–Crippen MR) is 74.7 cm³/mol. The summed E-state index contributed by atoms with van der Waals surface area (Å²) in [6.07, 6.45) is 3.75. The number of rotatable bonds is 5. The van der Waals surface area contributed by atoms with Crippen molar-refractivity contribution in [2.75, 3.05) is 7.05 Å². The van der Waals surface area contributed by atoms with Gasteiger partial charge in [0.2, 0.25) is 0 Å². The summed E-state index contributed by atoms with van der Waals surface area (Å²) in [5.41, 5.74) is 4.13. The molecular formula is C16H21NO. The van der Waals surface area contributed by atoms with Crippen LogP contribution in [0, 0.1) is 13.8 Å². The Labute approximate surface area is 109 Å². The van der Waals surface area contributed by atoms with Crippen LogP contribution in [0.5, 0.6) is 0 Å². The van der Waals surface area contributed by atoms with E-state index >= 15 is 0 Å². The first-order valence-corrected chi connectivity index (χ1v) is 6.48. The standard InChI is InChI=1S/C16H21NO/c1-12-6-4-8-15(13(12)2)16(17-3)10-9-14-7-5-11-18-14/h4-8,11,16-17H,9-10H2,1-3H3. The number of nitrogens with one attached hydrogen (secondary N) is 1. The number of furan rings is 1. The topological polar surface area (TPSA) is 25.2 Å². The molecule has 0 saturated carbocycles. The Morgan fingerprint density at radius 1 is 1.17 bits per heavy atom. The van der Waals surface area contributed by atoms with Crippen LogP contribution in [0.1, 0.15) is 34.9 Å². The highest BCUT2D eigenvalue weighted by Crippen LogP contribution is 2.24. The van der Waals surface area contributed by atoms with E-state index in [0.717, 1.165) is 18.6 Å². The molecule has 0 fully saturated rings. The third-order valence-corrected chi connectivity index (χ3v) is 3.63. The average Bonchev–Trinajstić information content (AvgIpc) is 2.88. The molecule has 1 heterocycles. The van der Waals surface area contributed by atoms with Crippen molar-refractivity contribution in [3.8, 4) is 0 Å². The van der Waals surface area contributed by atoms with Crippen molar-refractivity contribution in [2.24, 2.45) is 0 Å². The molecule has 1 aromatic heterocycles. The SMILES string of the molecule is CNC(CCc1ccco1)c1cccc(C)c1C. The number of hydrogen-bond acceptors (Lipinski definition) is 2. The Morgan fingerprint density at radius 3 is 2.67 bits per heavy atom. The van der Waals surface area contributed by atoms with Crippen LogP contribution >= 0.6 is 0 Å². The van der Waals surface area contributed by atoms with E-state index in [-0.39, 0.29) is 0 Å². The van der Waals surface area contributed by atoms with Gasteiger partial charge in [-0.2, -0.15) is 0 Å². The van der Waals surface area contributed by atoms with E-state index < -0.39 is 0 Å². The van der Waals surface area contributed by atoms with Gasteiger partial charge in [-0.1, -0.05) is 18.2 Å². The molecule has 0 spiro atoms. The monoisotopic (exact) mass is 243 g/mol. The maximum absolute atomic E-state index is 5.39. The maximum atomic E-state index is 5.39. The van der Waals surface area contributed by atoms with Gasteiger partial charge in [0.15, 0.2) is 0 Å². The molecule has 18 heavy (non-hydrogen) atoms.